The number of rotatable bonds is 8. The number of hydrogen-bond donors (Lipinski definition) is 0. The van der Waals surface area contributed by atoms with Crippen molar-refractivity contribution in [3.63, 3.8) is 0 Å². The number of aromatic nitrogens is 4. The van der Waals surface area contributed by atoms with E-state index in [0.29, 0.717) is 12.4 Å². The third-order valence-corrected chi connectivity index (χ3v) is 4.54. The van der Waals surface area contributed by atoms with Gasteiger partial charge in [-0.25, -0.2) is 0 Å². The zero-order valence-electron chi connectivity index (χ0n) is 14.1. The van der Waals surface area contributed by atoms with Gasteiger partial charge in [-0.05, 0) is 25.1 Å². The normalized spacial score (nSPS) is 10.7. The van der Waals surface area contributed by atoms with Crippen LogP contribution < -0.4 is 4.74 Å². The maximum Gasteiger partial charge on any atom is 0.310 e. The van der Waals surface area contributed by atoms with Crippen LogP contribution in [0, 0.1) is 10.1 Å². The molecule has 0 fully saturated rings. The number of hydrogen-bond acceptors (Lipinski definition) is 7. The summed E-state index contributed by atoms with van der Waals surface area (Å²) in [6.45, 7) is 3.09. The maximum atomic E-state index is 11.0. The van der Waals surface area contributed by atoms with Crippen LogP contribution in [0.1, 0.15) is 6.92 Å². The van der Waals surface area contributed by atoms with Gasteiger partial charge in [0.25, 0.3) is 0 Å². The lowest BCUT2D eigenvalue weighted by atomic mass is 10.2. The molecule has 3 rings (SSSR count). The van der Waals surface area contributed by atoms with Crippen LogP contribution in [0.5, 0.6) is 5.75 Å². The predicted octanol–water partition coefficient (Wildman–Crippen LogP) is 3.44. The van der Waals surface area contributed by atoms with Crippen molar-refractivity contribution < 1.29 is 9.66 Å². The standard InChI is InChI=1S/C17H17N5O3S/c1-2-21-16(13-7-9-18-10-8-13)19-20-17(21)26-12-11-25-15-6-4-3-5-14(15)22(23)24/h3-10H,2,11-12H2,1H3. The Morgan fingerprint density at radius 1 is 1.19 bits per heavy atom. The summed E-state index contributed by atoms with van der Waals surface area (Å²) in [6.07, 6.45) is 3.44. The van der Waals surface area contributed by atoms with Gasteiger partial charge >= 0.3 is 5.69 Å². The van der Waals surface area contributed by atoms with Crippen LogP contribution in [0.15, 0.2) is 53.9 Å². The smallest absolute Gasteiger partial charge is 0.310 e. The van der Waals surface area contributed by atoms with Gasteiger partial charge in [-0.1, -0.05) is 23.9 Å². The first kappa shape index (κ1) is 17.9. The summed E-state index contributed by atoms with van der Waals surface area (Å²) in [5.41, 5.74) is 0.923. The minimum absolute atomic E-state index is 0.0331. The zero-order valence-corrected chi connectivity index (χ0v) is 14.9. The van der Waals surface area contributed by atoms with E-state index in [1.165, 1.54) is 17.8 Å². The number of nitro benzene ring substituents is 1. The molecule has 134 valence electrons. The van der Waals surface area contributed by atoms with Crippen LogP contribution in [-0.2, 0) is 6.54 Å². The highest BCUT2D eigenvalue weighted by molar-refractivity contribution is 7.99. The SMILES string of the molecule is CCn1c(SCCOc2ccccc2[N+](=O)[O-])nnc1-c1ccncc1. The minimum atomic E-state index is -0.447. The van der Waals surface area contributed by atoms with E-state index in [2.05, 4.69) is 15.2 Å². The summed E-state index contributed by atoms with van der Waals surface area (Å²) >= 11 is 1.50. The molecule has 2 aromatic heterocycles. The Kier molecular flexibility index (Phi) is 5.80. The second-order valence-corrected chi connectivity index (χ2v) is 6.27. The van der Waals surface area contributed by atoms with Gasteiger partial charge in [0.2, 0.25) is 0 Å². The molecule has 9 heteroatoms. The molecule has 0 unspecified atom stereocenters. The quantitative estimate of drug-likeness (QED) is 0.259. The highest BCUT2D eigenvalue weighted by Gasteiger charge is 2.15. The Morgan fingerprint density at radius 2 is 1.96 bits per heavy atom. The van der Waals surface area contributed by atoms with Gasteiger partial charge < -0.3 is 9.30 Å². The molecular weight excluding hydrogens is 354 g/mol. The molecule has 26 heavy (non-hydrogen) atoms. The van der Waals surface area contributed by atoms with Crippen molar-refractivity contribution in [1.82, 2.24) is 19.7 Å². The van der Waals surface area contributed by atoms with Crippen LogP contribution in [0.4, 0.5) is 5.69 Å². The van der Waals surface area contributed by atoms with Crippen molar-refractivity contribution in [2.75, 3.05) is 12.4 Å². The van der Waals surface area contributed by atoms with E-state index in [-0.39, 0.29) is 11.4 Å². The number of para-hydroxylation sites is 2. The molecule has 0 N–H and O–H groups in total. The minimum Gasteiger partial charge on any atom is -0.486 e. The van der Waals surface area contributed by atoms with Crippen LogP contribution in [-0.4, -0.2) is 37.0 Å². The second kappa shape index (κ2) is 8.43. The van der Waals surface area contributed by atoms with Crippen molar-refractivity contribution in [2.24, 2.45) is 0 Å². The fraction of sp³-hybridized carbons (Fsp3) is 0.235. The molecule has 0 saturated carbocycles. The Hall–Kier alpha value is -2.94. The summed E-state index contributed by atoms with van der Waals surface area (Å²) in [5.74, 6) is 1.66. The highest BCUT2D eigenvalue weighted by Crippen LogP contribution is 2.27. The van der Waals surface area contributed by atoms with Crippen LogP contribution in [0.25, 0.3) is 11.4 Å². The average molecular weight is 371 g/mol. The van der Waals surface area contributed by atoms with Crippen molar-refractivity contribution in [3.8, 4) is 17.1 Å². The number of nitrogens with zero attached hydrogens (tertiary/aromatic N) is 5. The summed E-state index contributed by atoms with van der Waals surface area (Å²) in [6, 6.07) is 10.1. The third kappa shape index (κ3) is 3.99. The largest absolute Gasteiger partial charge is 0.486 e. The Balaban J connectivity index is 1.63. The molecule has 1 aromatic carbocycles. The first-order valence-electron chi connectivity index (χ1n) is 8.03. The third-order valence-electron chi connectivity index (χ3n) is 3.61. The van der Waals surface area contributed by atoms with Crippen molar-refractivity contribution in [1.29, 1.82) is 0 Å². The van der Waals surface area contributed by atoms with Gasteiger partial charge in [0.15, 0.2) is 16.7 Å². The fourth-order valence-electron chi connectivity index (χ4n) is 2.41. The summed E-state index contributed by atoms with van der Waals surface area (Å²) in [7, 11) is 0. The Bertz CT molecular complexity index is 885. The molecule has 8 nitrogen and oxygen atoms in total. The molecule has 0 spiro atoms. The van der Waals surface area contributed by atoms with E-state index >= 15 is 0 Å². The van der Waals surface area contributed by atoms with E-state index in [1.807, 2.05) is 23.6 Å². The number of benzene rings is 1. The van der Waals surface area contributed by atoms with Crippen molar-refractivity contribution in [2.45, 2.75) is 18.6 Å². The molecule has 0 aliphatic rings. The van der Waals surface area contributed by atoms with E-state index in [1.54, 1.807) is 30.6 Å². The van der Waals surface area contributed by atoms with E-state index in [0.717, 1.165) is 23.1 Å². The number of thioether (sulfide) groups is 1. The number of ether oxygens (including phenoxy) is 1. The summed E-state index contributed by atoms with van der Waals surface area (Å²) in [4.78, 5) is 14.6. The molecule has 0 aliphatic heterocycles. The lowest BCUT2D eigenvalue weighted by Gasteiger charge is -2.08. The molecule has 0 saturated heterocycles. The van der Waals surface area contributed by atoms with Gasteiger partial charge in [0, 0.05) is 36.3 Å². The second-order valence-electron chi connectivity index (χ2n) is 5.21. The van der Waals surface area contributed by atoms with E-state index in [4.69, 9.17) is 4.74 Å². The molecule has 0 bridgehead atoms. The molecule has 0 radical (unpaired) electrons. The lowest BCUT2D eigenvalue weighted by molar-refractivity contribution is -0.385. The van der Waals surface area contributed by atoms with Gasteiger partial charge in [-0.2, -0.15) is 0 Å². The average Bonchev–Trinajstić information content (AvgIpc) is 3.09. The van der Waals surface area contributed by atoms with Crippen LogP contribution >= 0.6 is 11.8 Å². The lowest BCUT2D eigenvalue weighted by Crippen LogP contribution is -2.05. The van der Waals surface area contributed by atoms with Crippen molar-refractivity contribution >= 4 is 17.4 Å². The van der Waals surface area contributed by atoms with Gasteiger partial charge in [-0.3, -0.25) is 15.1 Å². The van der Waals surface area contributed by atoms with Crippen LogP contribution in [0.3, 0.4) is 0 Å². The Morgan fingerprint density at radius 3 is 2.69 bits per heavy atom. The van der Waals surface area contributed by atoms with E-state index < -0.39 is 4.92 Å². The fourth-order valence-corrected chi connectivity index (χ4v) is 3.23. The zero-order chi connectivity index (χ0) is 18.4. The molecule has 0 atom stereocenters. The maximum absolute atomic E-state index is 11.0. The monoisotopic (exact) mass is 371 g/mol. The first-order chi connectivity index (χ1) is 12.7. The number of nitro groups is 1. The van der Waals surface area contributed by atoms with Gasteiger partial charge in [0.05, 0.1) is 11.5 Å². The first-order valence-corrected chi connectivity index (χ1v) is 9.02. The Labute approximate surface area is 154 Å². The summed E-state index contributed by atoms with van der Waals surface area (Å²) < 4.78 is 7.58. The molecule has 0 aliphatic carbocycles. The molecule has 0 amide bonds. The van der Waals surface area contributed by atoms with Crippen molar-refractivity contribution in [3.05, 3.63) is 58.9 Å². The highest BCUT2D eigenvalue weighted by atomic mass is 32.2. The van der Waals surface area contributed by atoms with E-state index in [9.17, 15) is 10.1 Å². The van der Waals surface area contributed by atoms with Gasteiger partial charge in [0.1, 0.15) is 0 Å². The van der Waals surface area contributed by atoms with Crippen LogP contribution in [0.2, 0.25) is 0 Å². The van der Waals surface area contributed by atoms with Gasteiger partial charge in [-0.15, -0.1) is 10.2 Å². The summed E-state index contributed by atoms with van der Waals surface area (Å²) in [5, 5.41) is 20.3. The number of pyridine rings is 1. The molecule has 2 heterocycles. The molecule has 3 aromatic rings. The predicted molar refractivity (Wildman–Crippen MR) is 98.2 cm³/mol. The molecular formula is C17H17N5O3S. The topological polar surface area (TPSA) is 96.0 Å².